The third-order valence-electron chi connectivity index (χ3n) is 7.85. The first-order chi connectivity index (χ1) is 16.1. The predicted molar refractivity (Wildman–Crippen MR) is 119 cm³/mol. The molecule has 4 rings (SSSR count). The normalized spacial score (nSPS) is 29.2. The number of piperidine rings is 1. The Balaban J connectivity index is 1.52. The molecule has 0 bridgehead atoms. The zero-order valence-electron chi connectivity index (χ0n) is 20.3. The quantitative estimate of drug-likeness (QED) is 0.585. The lowest BCUT2D eigenvalue weighted by Crippen LogP contribution is -2.52. The zero-order valence-corrected chi connectivity index (χ0v) is 20.3. The number of fused-ring (bicyclic) bond motifs is 1. The number of H-pyrrole nitrogens is 1. The lowest BCUT2D eigenvalue weighted by molar-refractivity contribution is -0.141. The summed E-state index contributed by atoms with van der Waals surface area (Å²) in [4.78, 5) is 42.3. The van der Waals surface area contributed by atoms with Crippen molar-refractivity contribution in [2.24, 2.45) is 23.2 Å². The molecule has 0 spiro atoms. The van der Waals surface area contributed by atoms with Gasteiger partial charge in [-0.1, -0.05) is 13.8 Å². The van der Waals surface area contributed by atoms with E-state index in [-0.39, 0.29) is 47.4 Å². The molecule has 1 aromatic rings. The highest BCUT2D eigenvalue weighted by atomic mass is 19.4. The maximum Gasteiger partial charge on any atom is 0.431 e. The highest BCUT2D eigenvalue weighted by molar-refractivity contribution is 5.98. The van der Waals surface area contributed by atoms with E-state index in [2.05, 4.69) is 15.6 Å². The minimum absolute atomic E-state index is 0.0299. The summed E-state index contributed by atoms with van der Waals surface area (Å²) in [6, 6.07) is 1.34. The van der Waals surface area contributed by atoms with E-state index in [1.165, 1.54) is 11.8 Å². The van der Waals surface area contributed by atoms with Crippen LogP contribution in [0.15, 0.2) is 6.07 Å². The Labute approximate surface area is 201 Å². The number of nitrogens with zero attached hydrogens (tertiary/aromatic N) is 2. The fourth-order valence-corrected chi connectivity index (χ4v) is 5.99. The van der Waals surface area contributed by atoms with Gasteiger partial charge < -0.3 is 20.5 Å². The van der Waals surface area contributed by atoms with Crippen LogP contribution < -0.4 is 10.6 Å². The molecule has 5 atom stereocenters. The van der Waals surface area contributed by atoms with Crippen molar-refractivity contribution >= 4 is 17.7 Å². The molecule has 1 saturated carbocycles. The molecule has 35 heavy (non-hydrogen) atoms. The first-order valence-electron chi connectivity index (χ1n) is 11.7. The van der Waals surface area contributed by atoms with Gasteiger partial charge in [0.05, 0.1) is 6.07 Å². The Morgan fingerprint density at radius 3 is 2.49 bits per heavy atom. The lowest BCUT2D eigenvalue weighted by Gasteiger charge is -2.30. The van der Waals surface area contributed by atoms with Crippen LogP contribution in [0.25, 0.3) is 0 Å². The van der Waals surface area contributed by atoms with Crippen molar-refractivity contribution in [1.29, 1.82) is 5.26 Å². The number of likely N-dealkylation sites (tertiary alicyclic amines) is 1. The summed E-state index contributed by atoms with van der Waals surface area (Å²) in [7, 11) is 0. The van der Waals surface area contributed by atoms with Crippen LogP contribution >= 0.6 is 0 Å². The van der Waals surface area contributed by atoms with E-state index in [1.54, 1.807) is 0 Å². The number of amides is 3. The molecule has 0 aromatic carbocycles. The van der Waals surface area contributed by atoms with Gasteiger partial charge in [-0.25, -0.2) is 0 Å². The van der Waals surface area contributed by atoms with Crippen LogP contribution in [0.1, 0.15) is 62.3 Å². The van der Waals surface area contributed by atoms with Gasteiger partial charge in [-0.2, -0.15) is 18.4 Å². The van der Waals surface area contributed by atoms with Gasteiger partial charge in [0, 0.05) is 18.0 Å². The molecule has 3 aliphatic rings. The van der Waals surface area contributed by atoms with E-state index in [0.29, 0.717) is 6.42 Å². The molecule has 2 aliphatic heterocycles. The van der Waals surface area contributed by atoms with Crippen LogP contribution in [0.4, 0.5) is 13.2 Å². The fourth-order valence-electron chi connectivity index (χ4n) is 5.99. The summed E-state index contributed by atoms with van der Waals surface area (Å²) < 4.78 is 39.7. The first-order valence-corrected chi connectivity index (χ1v) is 11.7. The molecule has 3 heterocycles. The zero-order chi connectivity index (χ0) is 26.1. The lowest BCUT2D eigenvalue weighted by atomic mass is 9.91. The van der Waals surface area contributed by atoms with Gasteiger partial charge in [0.2, 0.25) is 11.8 Å². The highest BCUT2D eigenvalue weighted by Crippen LogP contribution is 2.65. The number of aryl methyl sites for hydroxylation is 1. The molecule has 3 amide bonds. The van der Waals surface area contributed by atoms with Crippen molar-refractivity contribution in [2.45, 2.75) is 71.3 Å². The maximum atomic E-state index is 13.4. The van der Waals surface area contributed by atoms with Crippen molar-refractivity contribution in [1.82, 2.24) is 20.5 Å². The first kappa shape index (κ1) is 25.1. The minimum Gasteiger partial charge on any atom is -0.351 e. The van der Waals surface area contributed by atoms with Crippen molar-refractivity contribution in [3.05, 3.63) is 23.0 Å². The molecule has 2 saturated heterocycles. The third kappa shape index (κ3) is 4.39. The molecule has 0 radical (unpaired) electrons. The summed E-state index contributed by atoms with van der Waals surface area (Å²) in [5.41, 5.74) is -1.93. The molecule has 8 nitrogen and oxygen atoms in total. The molecule has 11 heteroatoms. The van der Waals surface area contributed by atoms with Crippen molar-refractivity contribution in [3.8, 4) is 6.07 Å². The van der Waals surface area contributed by atoms with E-state index in [4.69, 9.17) is 0 Å². The number of hydrogen-bond donors (Lipinski definition) is 3. The average molecular weight is 494 g/mol. The standard InChI is InChI=1S/C24H30F3N5O3/c1-11-6-15(30-18(11)24(25,26)27)21(35)32-10-14-16(23(14,4)5)17(32)20(34)29-13(9-28)7-12-8-22(2,3)31-19(12)33/h6,12-14,16-17,30H,7-8,10H2,1-5H3,(H,29,34)(H,31,33). The Hall–Kier alpha value is -3.03. The number of aromatic amines is 1. The van der Waals surface area contributed by atoms with Gasteiger partial charge in [0.1, 0.15) is 23.5 Å². The predicted octanol–water partition coefficient (Wildman–Crippen LogP) is 2.75. The summed E-state index contributed by atoms with van der Waals surface area (Å²) in [6.45, 7) is 9.24. The molecule has 1 aromatic heterocycles. The second-order valence-electron chi connectivity index (χ2n) is 11.3. The van der Waals surface area contributed by atoms with Crippen LogP contribution in [0.3, 0.4) is 0 Å². The van der Waals surface area contributed by atoms with Crippen LogP contribution in [-0.2, 0) is 15.8 Å². The van der Waals surface area contributed by atoms with Crippen LogP contribution in [-0.4, -0.2) is 51.8 Å². The summed E-state index contributed by atoms with van der Waals surface area (Å²) in [5, 5.41) is 15.2. The van der Waals surface area contributed by atoms with E-state index in [1.807, 2.05) is 33.8 Å². The Kier molecular flexibility index (Phi) is 5.73. The molecular formula is C24H30F3N5O3. The number of carbonyl (C=O) groups excluding carboxylic acids is 3. The topological polar surface area (TPSA) is 118 Å². The molecule has 3 N–H and O–H groups in total. The average Bonchev–Trinajstić information content (AvgIpc) is 3.15. The van der Waals surface area contributed by atoms with Gasteiger partial charge >= 0.3 is 6.18 Å². The van der Waals surface area contributed by atoms with E-state index >= 15 is 0 Å². The SMILES string of the molecule is Cc1cc(C(=O)N2CC3C(C2C(=O)NC(C#N)CC2CC(C)(C)NC2=O)C3(C)C)[nH]c1C(F)(F)F. The smallest absolute Gasteiger partial charge is 0.351 e. The number of hydrogen-bond acceptors (Lipinski definition) is 4. The molecule has 190 valence electrons. The van der Waals surface area contributed by atoms with Gasteiger partial charge in [0.15, 0.2) is 0 Å². The molecule has 1 aliphatic carbocycles. The number of aromatic nitrogens is 1. The highest BCUT2D eigenvalue weighted by Gasteiger charge is 2.69. The van der Waals surface area contributed by atoms with Gasteiger partial charge in [0.25, 0.3) is 5.91 Å². The van der Waals surface area contributed by atoms with Crippen LogP contribution in [0.5, 0.6) is 0 Å². The Bertz CT molecular complexity index is 1120. The van der Waals surface area contributed by atoms with Gasteiger partial charge in [-0.15, -0.1) is 0 Å². The van der Waals surface area contributed by atoms with Gasteiger partial charge in [-0.05, 0) is 62.5 Å². The minimum atomic E-state index is -4.63. The van der Waals surface area contributed by atoms with Crippen LogP contribution in [0, 0.1) is 41.4 Å². The summed E-state index contributed by atoms with van der Waals surface area (Å²) >= 11 is 0. The second kappa shape index (κ2) is 8.00. The number of nitriles is 1. The van der Waals surface area contributed by atoms with E-state index in [9.17, 15) is 32.8 Å². The van der Waals surface area contributed by atoms with Crippen molar-refractivity contribution in [3.63, 3.8) is 0 Å². The van der Waals surface area contributed by atoms with Crippen LogP contribution in [0.2, 0.25) is 0 Å². The number of halogens is 3. The van der Waals surface area contributed by atoms with Crippen molar-refractivity contribution in [2.75, 3.05) is 6.54 Å². The number of carbonyl (C=O) groups is 3. The number of alkyl halides is 3. The molecule has 5 unspecified atom stereocenters. The largest absolute Gasteiger partial charge is 0.431 e. The van der Waals surface area contributed by atoms with E-state index < -0.39 is 47.2 Å². The Morgan fingerprint density at radius 2 is 1.97 bits per heavy atom. The molecule has 3 fully saturated rings. The second-order valence-corrected chi connectivity index (χ2v) is 11.3. The summed E-state index contributed by atoms with van der Waals surface area (Å²) in [5.74, 6) is -1.95. The fraction of sp³-hybridized carbons (Fsp3) is 0.667. The maximum absolute atomic E-state index is 13.4. The number of nitrogens with one attached hydrogen (secondary N) is 3. The summed E-state index contributed by atoms with van der Waals surface area (Å²) in [6.07, 6.45) is -3.96. The van der Waals surface area contributed by atoms with E-state index in [0.717, 1.165) is 6.07 Å². The molecular weight excluding hydrogens is 463 g/mol. The number of rotatable bonds is 5. The van der Waals surface area contributed by atoms with Gasteiger partial charge in [-0.3, -0.25) is 14.4 Å². The van der Waals surface area contributed by atoms with Crippen molar-refractivity contribution < 1.29 is 27.6 Å². The third-order valence-corrected chi connectivity index (χ3v) is 7.85. The Morgan fingerprint density at radius 1 is 1.31 bits per heavy atom. The monoisotopic (exact) mass is 493 g/mol.